The molecule has 4 nitrogen and oxygen atoms in total. The molecule has 1 amide bonds. The van der Waals surface area contributed by atoms with Crippen LogP contribution >= 0.6 is 0 Å². The van der Waals surface area contributed by atoms with E-state index in [1.54, 1.807) is 0 Å². The number of aliphatic hydroxyl groups excluding tert-OH is 1. The minimum Gasteiger partial charge on any atom is -0.394 e. The van der Waals surface area contributed by atoms with Crippen LogP contribution in [0.1, 0.15) is 33.6 Å². The number of hydrogen-bond donors (Lipinski definition) is 2. The third-order valence-corrected chi connectivity index (χ3v) is 2.91. The molecule has 0 aromatic rings. The van der Waals surface area contributed by atoms with E-state index in [2.05, 4.69) is 12.2 Å². The van der Waals surface area contributed by atoms with Crippen LogP contribution in [-0.4, -0.2) is 47.2 Å². The lowest BCUT2D eigenvalue weighted by Crippen LogP contribution is -2.40. The molecule has 1 aliphatic heterocycles. The maximum absolute atomic E-state index is 11.6. The molecule has 0 radical (unpaired) electrons. The van der Waals surface area contributed by atoms with E-state index in [4.69, 9.17) is 5.11 Å². The molecule has 1 heterocycles. The fraction of sp³-hybridized carbons (Fsp3) is 0.909. The Hall–Kier alpha value is -0.610. The molecule has 1 aliphatic rings. The molecule has 4 heteroatoms. The van der Waals surface area contributed by atoms with Gasteiger partial charge >= 0.3 is 0 Å². The molecule has 15 heavy (non-hydrogen) atoms. The molecule has 1 saturated heterocycles. The Balaban J connectivity index is 2.28. The van der Waals surface area contributed by atoms with Crippen LogP contribution in [0.2, 0.25) is 0 Å². The van der Waals surface area contributed by atoms with Crippen LogP contribution in [0, 0.1) is 0 Å². The number of carbonyl (C=O) groups is 1. The van der Waals surface area contributed by atoms with Crippen molar-refractivity contribution in [2.45, 2.75) is 45.2 Å². The fourth-order valence-electron chi connectivity index (χ4n) is 1.63. The Labute approximate surface area is 91.6 Å². The minimum atomic E-state index is -0.271. The number of unbranched alkanes of at least 4 members (excludes halogenated alkanes) is 1. The summed E-state index contributed by atoms with van der Waals surface area (Å²) in [4.78, 5) is 13.6. The maximum atomic E-state index is 11.6. The highest BCUT2D eigenvalue weighted by molar-refractivity contribution is 5.84. The van der Waals surface area contributed by atoms with Gasteiger partial charge in [0.25, 0.3) is 0 Å². The van der Waals surface area contributed by atoms with Crippen molar-refractivity contribution in [2.75, 3.05) is 19.7 Å². The zero-order valence-electron chi connectivity index (χ0n) is 9.92. The summed E-state index contributed by atoms with van der Waals surface area (Å²) < 4.78 is 0. The first-order valence-electron chi connectivity index (χ1n) is 5.68. The van der Waals surface area contributed by atoms with Gasteiger partial charge in [0, 0.05) is 18.6 Å². The van der Waals surface area contributed by atoms with Gasteiger partial charge in [0.05, 0.1) is 6.61 Å². The quantitative estimate of drug-likeness (QED) is 0.496. The maximum Gasteiger partial charge on any atom is 0.238 e. The van der Waals surface area contributed by atoms with Crippen LogP contribution in [0.3, 0.4) is 0 Å². The smallest absolute Gasteiger partial charge is 0.238 e. The zero-order valence-corrected chi connectivity index (χ0v) is 9.92. The SMILES string of the molecule is CCCCNC(=O)[C@@H]1CN1C(C)(C)CO. The zero-order chi connectivity index (χ0) is 11.5. The summed E-state index contributed by atoms with van der Waals surface area (Å²) >= 11 is 0. The molecule has 1 rings (SSSR count). The Morgan fingerprint density at radius 1 is 1.60 bits per heavy atom. The molecule has 0 aliphatic carbocycles. The summed E-state index contributed by atoms with van der Waals surface area (Å²) in [5, 5.41) is 12.1. The monoisotopic (exact) mass is 214 g/mol. The van der Waals surface area contributed by atoms with E-state index >= 15 is 0 Å². The fourth-order valence-corrected chi connectivity index (χ4v) is 1.63. The van der Waals surface area contributed by atoms with Crippen molar-refractivity contribution in [3.05, 3.63) is 0 Å². The first kappa shape index (κ1) is 12.5. The van der Waals surface area contributed by atoms with Crippen molar-refractivity contribution in [3.8, 4) is 0 Å². The first-order chi connectivity index (χ1) is 7.03. The Bertz CT molecular complexity index is 229. The number of carbonyl (C=O) groups excluding carboxylic acids is 1. The molecule has 1 unspecified atom stereocenters. The predicted octanol–water partition coefficient (Wildman–Crippen LogP) is 0.358. The van der Waals surface area contributed by atoms with Crippen molar-refractivity contribution in [1.82, 2.24) is 10.2 Å². The van der Waals surface area contributed by atoms with Gasteiger partial charge in [0.1, 0.15) is 6.04 Å². The average Bonchev–Trinajstić information content (AvgIpc) is 2.98. The topological polar surface area (TPSA) is 52.3 Å². The van der Waals surface area contributed by atoms with E-state index in [1.165, 1.54) is 0 Å². The third kappa shape index (κ3) is 3.18. The van der Waals surface area contributed by atoms with Crippen molar-refractivity contribution in [1.29, 1.82) is 0 Å². The Morgan fingerprint density at radius 3 is 2.80 bits per heavy atom. The van der Waals surface area contributed by atoms with Crippen LogP contribution in [-0.2, 0) is 4.79 Å². The lowest BCUT2D eigenvalue weighted by Gasteiger charge is -2.24. The number of rotatable bonds is 6. The van der Waals surface area contributed by atoms with Crippen LogP contribution < -0.4 is 5.32 Å². The van der Waals surface area contributed by atoms with Crippen molar-refractivity contribution in [2.24, 2.45) is 0 Å². The van der Waals surface area contributed by atoms with Gasteiger partial charge in [-0.25, -0.2) is 0 Å². The number of hydrogen-bond acceptors (Lipinski definition) is 3. The summed E-state index contributed by atoms with van der Waals surface area (Å²) in [6.07, 6.45) is 2.12. The van der Waals surface area contributed by atoms with E-state index in [1.807, 2.05) is 18.7 Å². The number of nitrogens with zero attached hydrogens (tertiary/aromatic N) is 1. The summed E-state index contributed by atoms with van der Waals surface area (Å²) in [5.41, 5.74) is -0.271. The van der Waals surface area contributed by atoms with Gasteiger partial charge in [0.15, 0.2) is 0 Å². The van der Waals surface area contributed by atoms with Crippen LogP contribution in [0.4, 0.5) is 0 Å². The van der Waals surface area contributed by atoms with Crippen LogP contribution in [0.25, 0.3) is 0 Å². The molecule has 88 valence electrons. The van der Waals surface area contributed by atoms with E-state index in [0.717, 1.165) is 25.9 Å². The highest BCUT2D eigenvalue weighted by Gasteiger charge is 2.48. The highest BCUT2D eigenvalue weighted by Crippen LogP contribution is 2.28. The lowest BCUT2D eigenvalue weighted by molar-refractivity contribution is -0.121. The van der Waals surface area contributed by atoms with Gasteiger partial charge < -0.3 is 10.4 Å². The van der Waals surface area contributed by atoms with Gasteiger partial charge in [-0.2, -0.15) is 0 Å². The summed E-state index contributed by atoms with van der Waals surface area (Å²) in [6.45, 7) is 7.62. The van der Waals surface area contributed by atoms with Gasteiger partial charge in [-0.3, -0.25) is 9.69 Å². The molecule has 2 atom stereocenters. The molecular weight excluding hydrogens is 192 g/mol. The van der Waals surface area contributed by atoms with E-state index in [0.29, 0.717) is 0 Å². The Kier molecular flexibility index (Phi) is 4.11. The largest absolute Gasteiger partial charge is 0.394 e. The second kappa shape index (κ2) is 4.94. The first-order valence-corrected chi connectivity index (χ1v) is 5.68. The minimum absolute atomic E-state index is 0.0241. The van der Waals surface area contributed by atoms with Gasteiger partial charge in [-0.05, 0) is 20.3 Å². The second-order valence-electron chi connectivity index (χ2n) is 4.78. The molecule has 0 aromatic carbocycles. The van der Waals surface area contributed by atoms with Gasteiger partial charge in [0.2, 0.25) is 5.91 Å². The van der Waals surface area contributed by atoms with Crippen LogP contribution in [0.5, 0.6) is 0 Å². The summed E-state index contributed by atoms with van der Waals surface area (Å²) in [7, 11) is 0. The number of aliphatic hydroxyl groups is 1. The third-order valence-electron chi connectivity index (χ3n) is 2.91. The second-order valence-corrected chi connectivity index (χ2v) is 4.78. The van der Waals surface area contributed by atoms with Crippen LogP contribution in [0.15, 0.2) is 0 Å². The molecular formula is C11H22N2O2. The summed E-state index contributed by atoms with van der Waals surface area (Å²) in [6, 6.07) is -0.0241. The lowest BCUT2D eigenvalue weighted by atomic mass is 10.1. The standard InChI is InChI=1S/C11H22N2O2/c1-4-5-6-12-10(15)9-7-13(9)11(2,3)8-14/h9,14H,4-8H2,1-3H3,(H,12,15)/t9-,13?/m0/s1. The highest BCUT2D eigenvalue weighted by atomic mass is 16.3. The number of amides is 1. The molecule has 0 saturated carbocycles. The molecule has 1 fully saturated rings. The number of nitrogens with one attached hydrogen (secondary N) is 1. The molecule has 0 aromatic heterocycles. The molecule has 2 N–H and O–H groups in total. The average molecular weight is 214 g/mol. The van der Waals surface area contributed by atoms with Gasteiger partial charge in [-0.1, -0.05) is 13.3 Å². The predicted molar refractivity (Wildman–Crippen MR) is 59.6 cm³/mol. The van der Waals surface area contributed by atoms with Crippen molar-refractivity contribution >= 4 is 5.91 Å². The van der Waals surface area contributed by atoms with Crippen molar-refractivity contribution < 1.29 is 9.90 Å². The summed E-state index contributed by atoms with van der Waals surface area (Å²) in [5.74, 6) is 0.102. The molecule has 0 bridgehead atoms. The molecule has 0 spiro atoms. The normalized spacial score (nSPS) is 25.1. The van der Waals surface area contributed by atoms with Gasteiger partial charge in [-0.15, -0.1) is 0 Å². The Morgan fingerprint density at radius 2 is 2.27 bits per heavy atom. The van der Waals surface area contributed by atoms with E-state index in [-0.39, 0.29) is 24.1 Å². The van der Waals surface area contributed by atoms with E-state index < -0.39 is 0 Å². The van der Waals surface area contributed by atoms with E-state index in [9.17, 15) is 4.79 Å². The van der Waals surface area contributed by atoms with Crippen molar-refractivity contribution in [3.63, 3.8) is 0 Å².